The Hall–Kier alpha value is -1.78. The minimum absolute atomic E-state index is 0.0148. The lowest BCUT2D eigenvalue weighted by atomic mass is 10.1. The molecule has 2 N–H and O–H groups in total. The van der Waals surface area contributed by atoms with Gasteiger partial charge in [0.15, 0.2) is 5.96 Å². The SMILES string of the molecule is CN=C(NCc1ccc(OC2CCCC2)nc1)NC(C)(C)C. The molecule has 122 valence electrons. The van der Waals surface area contributed by atoms with Gasteiger partial charge in [0.1, 0.15) is 6.10 Å². The summed E-state index contributed by atoms with van der Waals surface area (Å²) in [4.78, 5) is 8.62. The van der Waals surface area contributed by atoms with Gasteiger partial charge >= 0.3 is 0 Å². The van der Waals surface area contributed by atoms with Gasteiger partial charge in [-0.25, -0.2) is 4.98 Å². The van der Waals surface area contributed by atoms with Gasteiger partial charge in [0.05, 0.1) is 0 Å². The van der Waals surface area contributed by atoms with Crippen molar-refractivity contribution in [3.63, 3.8) is 0 Å². The van der Waals surface area contributed by atoms with E-state index in [1.165, 1.54) is 12.8 Å². The van der Waals surface area contributed by atoms with Crippen molar-refractivity contribution in [2.45, 2.75) is 64.6 Å². The molecule has 22 heavy (non-hydrogen) atoms. The topological polar surface area (TPSA) is 58.5 Å². The van der Waals surface area contributed by atoms with Gasteiger partial charge in [-0.05, 0) is 52.0 Å². The van der Waals surface area contributed by atoms with Gasteiger partial charge < -0.3 is 15.4 Å². The van der Waals surface area contributed by atoms with Crippen LogP contribution in [0.25, 0.3) is 0 Å². The van der Waals surface area contributed by atoms with Gasteiger partial charge in [-0.3, -0.25) is 4.99 Å². The van der Waals surface area contributed by atoms with Crippen LogP contribution < -0.4 is 15.4 Å². The number of ether oxygens (including phenoxy) is 1. The molecule has 1 aromatic rings. The summed E-state index contributed by atoms with van der Waals surface area (Å²) in [5, 5.41) is 6.62. The maximum atomic E-state index is 5.88. The van der Waals surface area contributed by atoms with Gasteiger partial charge in [0.2, 0.25) is 5.88 Å². The van der Waals surface area contributed by atoms with Crippen molar-refractivity contribution in [2.75, 3.05) is 7.05 Å². The highest BCUT2D eigenvalue weighted by Crippen LogP contribution is 2.22. The van der Waals surface area contributed by atoms with Gasteiger partial charge in [-0.1, -0.05) is 6.07 Å². The quantitative estimate of drug-likeness (QED) is 0.663. The number of aliphatic imine (C=N–C) groups is 1. The standard InChI is InChI=1S/C17H28N4O/c1-17(2,3)21-16(18-4)20-12-13-9-10-15(19-11-13)22-14-7-5-6-8-14/h9-11,14H,5-8,12H2,1-4H3,(H2,18,20,21). The molecule has 1 heterocycles. The van der Waals surface area contributed by atoms with Crippen molar-refractivity contribution in [1.82, 2.24) is 15.6 Å². The molecule has 0 aliphatic heterocycles. The molecule has 1 saturated carbocycles. The van der Waals surface area contributed by atoms with E-state index in [0.29, 0.717) is 12.6 Å². The first-order chi connectivity index (χ1) is 10.5. The first kappa shape index (κ1) is 16.6. The molecular formula is C17H28N4O. The molecule has 1 aliphatic carbocycles. The Balaban J connectivity index is 1.82. The third-order valence-corrected chi connectivity index (χ3v) is 3.56. The van der Waals surface area contributed by atoms with Crippen LogP contribution in [0.15, 0.2) is 23.3 Å². The van der Waals surface area contributed by atoms with Crippen molar-refractivity contribution >= 4 is 5.96 Å². The van der Waals surface area contributed by atoms with E-state index in [-0.39, 0.29) is 5.54 Å². The molecule has 0 radical (unpaired) electrons. The number of pyridine rings is 1. The Bertz CT molecular complexity index is 484. The number of rotatable bonds is 4. The van der Waals surface area contributed by atoms with Crippen molar-refractivity contribution in [3.05, 3.63) is 23.9 Å². The van der Waals surface area contributed by atoms with E-state index in [4.69, 9.17) is 4.74 Å². The van der Waals surface area contributed by atoms with Crippen molar-refractivity contribution in [1.29, 1.82) is 0 Å². The number of aromatic nitrogens is 1. The molecule has 2 rings (SSSR count). The summed E-state index contributed by atoms with van der Waals surface area (Å²) in [6.07, 6.45) is 7.06. The van der Waals surface area contributed by atoms with Crippen LogP contribution in [0.2, 0.25) is 0 Å². The third-order valence-electron chi connectivity index (χ3n) is 3.56. The zero-order valence-electron chi connectivity index (χ0n) is 14.1. The minimum Gasteiger partial charge on any atom is -0.474 e. The van der Waals surface area contributed by atoms with E-state index in [2.05, 4.69) is 47.4 Å². The molecular weight excluding hydrogens is 276 g/mol. The van der Waals surface area contributed by atoms with Gasteiger partial charge in [0, 0.05) is 31.4 Å². The Morgan fingerprint density at radius 1 is 1.32 bits per heavy atom. The Morgan fingerprint density at radius 2 is 2.05 bits per heavy atom. The number of guanidine groups is 1. The largest absolute Gasteiger partial charge is 0.474 e. The second-order valence-electron chi connectivity index (χ2n) is 6.83. The molecule has 0 bridgehead atoms. The van der Waals surface area contributed by atoms with Crippen LogP contribution in [0, 0.1) is 0 Å². The Labute approximate surface area is 133 Å². The van der Waals surface area contributed by atoms with E-state index < -0.39 is 0 Å². The zero-order valence-corrected chi connectivity index (χ0v) is 14.1. The van der Waals surface area contributed by atoms with E-state index >= 15 is 0 Å². The van der Waals surface area contributed by atoms with Gasteiger partial charge in [-0.15, -0.1) is 0 Å². The Morgan fingerprint density at radius 3 is 2.59 bits per heavy atom. The van der Waals surface area contributed by atoms with E-state index in [9.17, 15) is 0 Å². The maximum Gasteiger partial charge on any atom is 0.213 e. The van der Waals surface area contributed by atoms with Crippen LogP contribution in [0.3, 0.4) is 0 Å². The molecule has 0 amide bonds. The fourth-order valence-corrected chi connectivity index (χ4v) is 2.48. The normalized spacial score (nSPS) is 16.6. The van der Waals surface area contributed by atoms with Crippen molar-refractivity contribution in [3.8, 4) is 5.88 Å². The predicted octanol–water partition coefficient (Wildman–Crippen LogP) is 2.87. The fourth-order valence-electron chi connectivity index (χ4n) is 2.48. The number of nitrogens with zero attached hydrogens (tertiary/aromatic N) is 2. The molecule has 1 aromatic heterocycles. The predicted molar refractivity (Wildman–Crippen MR) is 90.2 cm³/mol. The average Bonchev–Trinajstić information content (AvgIpc) is 2.97. The summed E-state index contributed by atoms with van der Waals surface area (Å²) in [5.41, 5.74) is 1.09. The second-order valence-corrected chi connectivity index (χ2v) is 6.83. The highest BCUT2D eigenvalue weighted by atomic mass is 16.5. The van der Waals surface area contributed by atoms with E-state index in [1.54, 1.807) is 7.05 Å². The monoisotopic (exact) mass is 304 g/mol. The van der Waals surface area contributed by atoms with Crippen molar-refractivity contribution in [2.24, 2.45) is 4.99 Å². The smallest absolute Gasteiger partial charge is 0.213 e. The molecule has 0 spiro atoms. The first-order valence-corrected chi connectivity index (χ1v) is 8.07. The summed E-state index contributed by atoms with van der Waals surface area (Å²) in [7, 11) is 1.78. The van der Waals surface area contributed by atoms with E-state index in [1.807, 2.05) is 12.3 Å². The van der Waals surface area contributed by atoms with Crippen LogP contribution in [0.5, 0.6) is 5.88 Å². The van der Waals surface area contributed by atoms with Crippen LogP contribution in [-0.4, -0.2) is 29.6 Å². The van der Waals surface area contributed by atoms with Gasteiger partial charge in [-0.2, -0.15) is 0 Å². The van der Waals surface area contributed by atoms with Crippen LogP contribution in [0.4, 0.5) is 0 Å². The molecule has 0 aromatic carbocycles. The number of nitrogens with one attached hydrogen (secondary N) is 2. The van der Waals surface area contributed by atoms with Crippen LogP contribution >= 0.6 is 0 Å². The summed E-state index contributed by atoms with van der Waals surface area (Å²) in [5.74, 6) is 1.52. The van der Waals surface area contributed by atoms with Gasteiger partial charge in [0.25, 0.3) is 0 Å². The molecule has 0 saturated heterocycles. The highest BCUT2D eigenvalue weighted by molar-refractivity contribution is 5.80. The molecule has 0 atom stereocenters. The third kappa shape index (κ3) is 5.54. The maximum absolute atomic E-state index is 5.88. The lowest BCUT2D eigenvalue weighted by Gasteiger charge is -2.23. The fraction of sp³-hybridized carbons (Fsp3) is 0.647. The second kappa shape index (κ2) is 7.47. The lowest BCUT2D eigenvalue weighted by molar-refractivity contribution is 0.201. The minimum atomic E-state index is -0.0148. The number of hydrogen-bond acceptors (Lipinski definition) is 3. The molecule has 5 heteroatoms. The summed E-state index contributed by atoms with van der Waals surface area (Å²) in [6, 6.07) is 4.00. The first-order valence-electron chi connectivity index (χ1n) is 8.07. The molecule has 1 fully saturated rings. The lowest BCUT2D eigenvalue weighted by Crippen LogP contribution is -2.47. The van der Waals surface area contributed by atoms with Crippen LogP contribution in [-0.2, 0) is 6.54 Å². The number of hydrogen-bond donors (Lipinski definition) is 2. The zero-order chi connectivity index (χ0) is 16.0. The summed E-state index contributed by atoms with van der Waals surface area (Å²) in [6.45, 7) is 7.01. The molecule has 5 nitrogen and oxygen atoms in total. The summed E-state index contributed by atoms with van der Waals surface area (Å²) >= 11 is 0. The van der Waals surface area contributed by atoms with Crippen LogP contribution in [0.1, 0.15) is 52.0 Å². The molecule has 0 unspecified atom stereocenters. The molecule has 1 aliphatic rings. The summed E-state index contributed by atoms with van der Waals surface area (Å²) < 4.78 is 5.88. The van der Waals surface area contributed by atoms with Crippen molar-refractivity contribution < 1.29 is 4.74 Å². The van der Waals surface area contributed by atoms with E-state index in [0.717, 1.165) is 30.2 Å². The highest BCUT2D eigenvalue weighted by Gasteiger charge is 2.16. The average molecular weight is 304 g/mol. The Kier molecular flexibility index (Phi) is 5.63.